The minimum Gasteiger partial charge on any atom is -0.477 e. The molecule has 1 aromatic heterocycles. The van der Waals surface area contributed by atoms with E-state index in [2.05, 4.69) is 4.98 Å². The molecule has 1 N–H and O–H groups in total. The van der Waals surface area contributed by atoms with Crippen LogP contribution in [-0.2, 0) is 10.0 Å². The summed E-state index contributed by atoms with van der Waals surface area (Å²) in [5, 5.41) is 9.01. The van der Waals surface area contributed by atoms with E-state index in [9.17, 15) is 13.2 Å². The summed E-state index contributed by atoms with van der Waals surface area (Å²) < 4.78 is 26.6. The molecule has 1 saturated heterocycles. The maximum absolute atomic E-state index is 12.6. The van der Waals surface area contributed by atoms with Crippen molar-refractivity contribution in [2.24, 2.45) is 0 Å². The first-order chi connectivity index (χ1) is 11.5. The van der Waals surface area contributed by atoms with Gasteiger partial charge in [-0.1, -0.05) is 24.3 Å². The number of hydrogen-bond donors (Lipinski definition) is 1. The Hall–Kier alpha value is -2.45. The molecule has 126 valence electrons. The van der Waals surface area contributed by atoms with Crippen LogP contribution in [0.5, 0.6) is 0 Å². The first kappa shape index (κ1) is 16.4. The number of carboxylic acids is 1. The molecule has 8 heteroatoms. The van der Waals surface area contributed by atoms with Gasteiger partial charge >= 0.3 is 5.97 Å². The molecule has 0 radical (unpaired) electrons. The molecule has 0 atom stereocenters. The number of rotatable bonds is 4. The van der Waals surface area contributed by atoms with Gasteiger partial charge in [0.1, 0.15) is 5.82 Å². The average Bonchev–Trinajstić information content (AvgIpc) is 2.62. The Bertz CT molecular complexity index is 831. The number of piperazine rings is 1. The second-order valence-corrected chi connectivity index (χ2v) is 7.33. The lowest BCUT2D eigenvalue weighted by atomic mass is 10.3. The Balaban J connectivity index is 1.72. The number of anilines is 1. The summed E-state index contributed by atoms with van der Waals surface area (Å²) in [6, 6.07) is 13.1. The Morgan fingerprint density at radius 1 is 0.958 bits per heavy atom. The van der Waals surface area contributed by atoms with E-state index in [1.54, 1.807) is 42.5 Å². The topological polar surface area (TPSA) is 90.8 Å². The molecule has 24 heavy (non-hydrogen) atoms. The Morgan fingerprint density at radius 3 is 2.25 bits per heavy atom. The van der Waals surface area contributed by atoms with Crippen LogP contribution in [0.3, 0.4) is 0 Å². The number of benzene rings is 1. The van der Waals surface area contributed by atoms with Crippen LogP contribution in [0.15, 0.2) is 53.4 Å². The van der Waals surface area contributed by atoms with Gasteiger partial charge in [0.15, 0.2) is 5.69 Å². The van der Waals surface area contributed by atoms with Crippen molar-refractivity contribution in [1.29, 1.82) is 0 Å². The van der Waals surface area contributed by atoms with Crippen molar-refractivity contribution in [3.05, 3.63) is 54.2 Å². The molecule has 1 fully saturated rings. The Morgan fingerprint density at radius 2 is 1.62 bits per heavy atom. The lowest BCUT2D eigenvalue weighted by molar-refractivity contribution is 0.0690. The van der Waals surface area contributed by atoms with E-state index in [1.165, 1.54) is 10.4 Å². The van der Waals surface area contributed by atoms with Crippen LogP contribution < -0.4 is 4.90 Å². The molecule has 1 aliphatic heterocycles. The molecule has 2 aromatic rings. The fourth-order valence-electron chi connectivity index (χ4n) is 2.62. The van der Waals surface area contributed by atoms with Gasteiger partial charge in [0, 0.05) is 26.2 Å². The predicted octanol–water partition coefficient (Wildman–Crippen LogP) is 1.29. The summed E-state index contributed by atoms with van der Waals surface area (Å²) in [5.41, 5.74) is -0.0214. The van der Waals surface area contributed by atoms with Crippen LogP contribution in [0.2, 0.25) is 0 Å². The molecule has 1 aliphatic rings. The van der Waals surface area contributed by atoms with Crippen molar-refractivity contribution in [3.8, 4) is 0 Å². The molecule has 7 nitrogen and oxygen atoms in total. The van der Waals surface area contributed by atoms with E-state index in [0.29, 0.717) is 32.0 Å². The molecule has 0 unspecified atom stereocenters. The summed E-state index contributed by atoms with van der Waals surface area (Å²) in [5.74, 6) is -0.534. The molecule has 0 bridgehead atoms. The van der Waals surface area contributed by atoms with E-state index >= 15 is 0 Å². The van der Waals surface area contributed by atoms with E-state index < -0.39 is 16.0 Å². The van der Waals surface area contributed by atoms with Crippen LogP contribution in [0, 0.1) is 0 Å². The van der Waals surface area contributed by atoms with Gasteiger partial charge in [0.2, 0.25) is 10.0 Å². The fourth-order valence-corrected chi connectivity index (χ4v) is 4.06. The highest BCUT2D eigenvalue weighted by Crippen LogP contribution is 2.20. The highest BCUT2D eigenvalue weighted by atomic mass is 32.2. The number of pyridine rings is 1. The fraction of sp³-hybridized carbons (Fsp3) is 0.250. The maximum Gasteiger partial charge on any atom is 0.354 e. The number of sulfonamides is 1. The van der Waals surface area contributed by atoms with E-state index in [4.69, 9.17) is 5.11 Å². The molecule has 0 amide bonds. The molecule has 3 rings (SSSR count). The maximum atomic E-state index is 12.6. The van der Waals surface area contributed by atoms with Gasteiger partial charge in [-0.2, -0.15) is 4.31 Å². The summed E-state index contributed by atoms with van der Waals surface area (Å²) in [7, 11) is -3.50. The number of nitrogens with zero attached hydrogens (tertiary/aromatic N) is 3. The zero-order valence-electron chi connectivity index (χ0n) is 12.9. The van der Waals surface area contributed by atoms with Gasteiger partial charge in [-0.05, 0) is 24.3 Å². The quantitative estimate of drug-likeness (QED) is 0.896. The van der Waals surface area contributed by atoms with Crippen LogP contribution in [0.1, 0.15) is 10.5 Å². The van der Waals surface area contributed by atoms with Crippen LogP contribution in [-0.4, -0.2) is 55.0 Å². The van der Waals surface area contributed by atoms with Crippen molar-refractivity contribution in [1.82, 2.24) is 9.29 Å². The Labute approximate surface area is 140 Å². The summed E-state index contributed by atoms with van der Waals surface area (Å²) in [6.45, 7) is 1.58. The summed E-state index contributed by atoms with van der Waals surface area (Å²) in [6.07, 6.45) is 0. The first-order valence-corrected chi connectivity index (χ1v) is 8.93. The van der Waals surface area contributed by atoms with Gasteiger partial charge in [-0.3, -0.25) is 0 Å². The first-order valence-electron chi connectivity index (χ1n) is 7.49. The molecule has 0 spiro atoms. The standard InChI is InChI=1S/C16H17N3O4S/c20-16(21)14-7-4-8-15(17-14)18-9-11-19(12-10-18)24(22,23)13-5-2-1-3-6-13/h1-8H,9-12H2,(H,20,21). The highest BCUT2D eigenvalue weighted by Gasteiger charge is 2.28. The van der Waals surface area contributed by atoms with Crippen molar-refractivity contribution in [3.63, 3.8) is 0 Å². The average molecular weight is 347 g/mol. The lowest BCUT2D eigenvalue weighted by Gasteiger charge is -2.34. The van der Waals surface area contributed by atoms with Crippen LogP contribution in [0.25, 0.3) is 0 Å². The minimum absolute atomic E-state index is 0.0214. The van der Waals surface area contributed by atoms with Gasteiger partial charge in [-0.15, -0.1) is 0 Å². The summed E-state index contributed by atoms with van der Waals surface area (Å²) >= 11 is 0. The number of hydrogen-bond acceptors (Lipinski definition) is 5. The zero-order valence-corrected chi connectivity index (χ0v) is 13.7. The van der Waals surface area contributed by atoms with Gasteiger partial charge in [0.25, 0.3) is 0 Å². The molecule has 0 aliphatic carbocycles. The third kappa shape index (κ3) is 3.24. The SMILES string of the molecule is O=C(O)c1cccc(N2CCN(S(=O)(=O)c3ccccc3)CC2)n1. The molecule has 0 saturated carbocycles. The number of carboxylic acid groups (broad SMARTS) is 1. The monoisotopic (exact) mass is 347 g/mol. The predicted molar refractivity (Wildman–Crippen MR) is 88.6 cm³/mol. The van der Waals surface area contributed by atoms with Crippen LogP contribution in [0.4, 0.5) is 5.82 Å². The van der Waals surface area contributed by atoms with Crippen molar-refractivity contribution < 1.29 is 18.3 Å². The normalized spacial score (nSPS) is 16.1. The Kier molecular flexibility index (Phi) is 4.50. The second-order valence-electron chi connectivity index (χ2n) is 5.39. The van der Waals surface area contributed by atoms with Crippen molar-refractivity contribution in [2.75, 3.05) is 31.1 Å². The van der Waals surface area contributed by atoms with E-state index in [1.807, 2.05) is 4.90 Å². The summed E-state index contributed by atoms with van der Waals surface area (Å²) in [4.78, 5) is 17.3. The minimum atomic E-state index is -3.50. The van der Waals surface area contributed by atoms with Gasteiger partial charge in [0.05, 0.1) is 4.90 Å². The van der Waals surface area contributed by atoms with Crippen molar-refractivity contribution >= 4 is 21.8 Å². The third-order valence-electron chi connectivity index (χ3n) is 3.90. The smallest absolute Gasteiger partial charge is 0.354 e. The third-order valence-corrected chi connectivity index (χ3v) is 5.81. The molecular weight excluding hydrogens is 330 g/mol. The molecular formula is C16H17N3O4S. The van der Waals surface area contributed by atoms with Gasteiger partial charge in [-0.25, -0.2) is 18.2 Å². The largest absolute Gasteiger partial charge is 0.477 e. The number of carbonyl (C=O) groups is 1. The number of aromatic carboxylic acids is 1. The highest BCUT2D eigenvalue weighted by molar-refractivity contribution is 7.89. The molecule has 1 aromatic carbocycles. The second kappa shape index (κ2) is 6.58. The van der Waals surface area contributed by atoms with Crippen molar-refractivity contribution in [2.45, 2.75) is 4.90 Å². The number of aromatic nitrogens is 1. The van der Waals surface area contributed by atoms with E-state index in [-0.39, 0.29) is 10.6 Å². The molecule has 2 heterocycles. The van der Waals surface area contributed by atoms with Gasteiger partial charge < -0.3 is 10.0 Å². The zero-order chi connectivity index (χ0) is 17.2. The van der Waals surface area contributed by atoms with Crippen LogP contribution >= 0.6 is 0 Å². The lowest BCUT2D eigenvalue weighted by Crippen LogP contribution is -2.49. The van der Waals surface area contributed by atoms with E-state index in [0.717, 1.165) is 0 Å².